The number of aliphatic hydroxyl groups is 2. The van der Waals surface area contributed by atoms with Crippen LogP contribution in [0, 0.1) is 13.8 Å². The molecule has 0 bridgehead atoms. The lowest BCUT2D eigenvalue weighted by Gasteiger charge is -2.09. The zero-order valence-corrected chi connectivity index (χ0v) is 8.36. The van der Waals surface area contributed by atoms with Crippen molar-refractivity contribution in [2.24, 2.45) is 0 Å². The molecule has 0 aliphatic heterocycles. The first kappa shape index (κ1) is 10.9. The number of anilines is 1. The van der Waals surface area contributed by atoms with Crippen LogP contribution in [0.25, 0.3) is 0 Å². The number of hydrogen-bond acceptors (Lipinski definition) is 5. The van der Waals surface area contributed by atoms with E-state index in [0.717, 1.165) is 11.4 Å². The number of rotatable bonds is 4. The van der Waals surface area contributed by atoms with Crippen molar-refractivity contribution in [1.82, 2.24) is 9.97 Å². The smallest absolute Gasteiger partial charge is 0.144 e. The summed E-state index contributed by atoms with van der Waals surface area (Å²) in [6, 6.07) is 0. The Morgan fingerprint density at radius 1 is 1.43 bits per heavy atom. The molecule has 0 saturated carbocycles. The van der Waals surface area contributed by atoms with E-state index >= 15 is 0 Å². The maximum Gasteiger partial charge on any atom is 0.144 e. The molecule has 0 saturated heterocycles. The van der Waals surface area contributed by atoms with Crippen LogP contribution in [0.15, 0.2) is 6.20 Å². The SMILES string of the molecule is Cc1ncc(NCC(O)CO)nc1C. The van der Waals surface area contributed by atoms with E-state index in [1.807, 2.05) is 13.8 Å². The fourth-order valence-electron chi connectivity index (χ4n) is 0.914. The Hall–Kier alpha value is -1.20. The van der Waals surface area contributed by atoms with Crippen LogP contribution >= 0.6 is 0 Å². The van der Waals surface area contributed by atoms with Crippen LogP contribution in [-0.2, 0) is 0 Å². The first-order valence-electron chi connectivity index (χ1n) is 4.46. The van der Waals surface area contributed by atoms with E-state index in [1.165, 1.54) is 0 Å². The molecule has 0 amide bonds. The van der Waals surface area contributed by atoms with Gasteiger partial charge in [0.15, 0.2) is 0 Å². The standard InChI is InChI=1S/C9H15N3O2/c1-6-7(2)12-9(4-10-6)11-3-8(14)5-13/h4,8,13-14H,3,5H2,1-2H3,(H,11,12). The van der Waals surface area contributed by atoms with Gasteiger partial charge in [0.1, 0.15) is 5.82 Å². The second-order valence-electron chi connectivity index (χ2n) is 3.14. The molecule has 0 aliphatic carbocycles. The maximum atomic E-state index is 9.08. The van der Waals surface area contributed by atoms with Gasteiger partial charge >= 0.3 is 0 Å². The molecule has 5 nitrogen and oxygen atoms in total. The summed E-state index contributed by atoms with van der Waals surface area (Å²) in [6.45, 7) is 3.77. The van der Waals surface area contributed by atoms with Gasteiger partial charge in [0, 0.05) is 6.54 Å². The molecule has 1 atom stereocenters. The third-order valence-corrected chi connectivity index (χ3v) is 1.92. The lowest BCUT2D eigenvalue weighted by Crippen LogP contribution is -2.23. The van der Waals surface area contributed by atoms with Gasteiger partial charge in [-0.3, -0.25) is 4.98 Å². The van der Waals surface area contributed by atoms with Crippen molar-refractivity contribution < 1.29 is 10.2 Å². The van der Waals surface area contributed by atoms with Gasteiger partial charge in [0.25, 0.3) is 0 Å². The first-order chi connectivity index (χ1) is 6.63. The molecule has 1 heterocycles. The molecule has 0 fully saturated rings. The molecule has 1 aromatic rings. The molecule has 0 aliphatic rings. The molecule has 1 rings (SSSR count). The van der Waals surface area contributed by atoms with Gasteiger partial charge in [0.05, 0.1) is 30.3 Å². The second kappa shape index (κ2) is 4.88. The summed E-state index contributed by atoms with van der Waals surface area (Å²) in [4.78, 5) is 8.33. The van der Waals surface area contributed by atoms with Crippen molar-refractivity contribution >= 4 is 5.82 Å². The van der Waals surface area contributed by atoms with Gasteiger partial charge < -0.3 is 15.5 Å². The minimum absolute atomic E-state index is 0.259. The third-order valence-electron chi connectivity index (χ3n) is 1.92. The number of hydrogen-bond donors (Lipinski definition) is 3. The summed E-state index contributed by atoms with van der Waals surface area (Å²) in [5.74, 6) is 0.612. The summed E-state index contributed by atoms with van der Waals surface area (Å²) in [5.41, 5.74) is 1.74. The number of aliphatic hydroxyl groups excluding tert-OH is 2. The van der Waals surface area contributed by atoms with E-state index in [1.54, 1.807) is 6.20 Å². The highest BCUT2D eigenvalue weighted by molar-refractivity contribution is 5.33. The Balaban J connectivity index is 2.55. The second-order valence-corrected chi connectivity index (χ2v) is 3.14. The van der Waals surface area contributed by atoms with Crippen LogP contribution in [0.1, 0.15) is 11.4 Å². The van der Waals surface area contributed by atoms with Crippen molar-refractivity contribution in [2.45, 2.75) is 20.0 Å². The number of nitrogens with zero attached hydrogens (tertiary/aromatic N) is 2. The molecule has 0 spiro atoms. The van der Waals surface area contributed by atoms with E-state index in [2.05, 4.69) is 15.3 Å². The molecule has 5 heteroatoms. The summed E-state index contributed by atoms with van der Waals surface area (Å²) in [7, 11) is 0. The molecule has 14 heavy (non-hydrogen) atoms. The molecule has 1 aromatic heterocycles. The quantitative estimate of drug-likeness (QED) is 0.626. The predicted octanol–water partition coefficient (Wildman–Crippen LogP) is -0.141. The summed E-state index contributed by atoms with van der Waals surface area (Å²) in [6.07, 6.45) is 0.838. The number of aromatic nitrogens is 2. The average Bonchev–Trinajstić information content (AvgIpc) is 2.19. The Labute approximate surface area is 82.8 Å². The van der Waals surface area contributed by atoms with E-state index < -0.39 is 6.10 Å². The van der Waals surface area contributed by atoms with Gasteiger partial charge in [-0.05, 0) is 13.8 Å². The predicted molar refractivity (Wildman–Crippen MR) is 53.1 cm³/mol. The third kappa shape index (κ3) is 2.93. The number of aryl methyl sites for hydroxylation is 2. The highest BCUT2D eigenvalue weighted by Gasteiger charge is 2.03. The molecule has 0 aromatic carbocycles. The van der Waals surface area contributed by atoms with Crippen molar-refractivity contribution in [2.75, 3.05) is 18.5 Å². The average molecular weight is 197 g/mol. The van der Waals surface area contributed by atoms with Crippen LogP contribution < -0.4 is 5.32 Å². The Morgan fingerprint density at radius 3 is 2.71 bits per heavy atom. The molecule has 78 valence electrons. The Kier molecular flexibility index (Phi) is 3.79. The van der Waals surface area contributed by atoms with Gasteiger partial charge in [-0.2, -0.15) is 0 Å². The Morgan fingerprint density at radius 2 is 2.14 bits per heavy atom. The van der Waals surface area contributed by atoms with Gasteiger partial charge in [-0.1, -0.05) is 0 Å². The largest absolute Gasteiger partial charge is 0.394 e. The minimum atomic E-state index is -0.765. The van der Waals surface area contributed by atoms with E-state index in [9.17, 15) is 0 Å². The van der Waals surface area contributed by atoms with E-state index in [0.29, 0.717) is 5.82 Å². The van der Waals surface area contributed by atoms with E-state index in [-0.39, 0.29) is 13.2 Å². The molecule has 3 N–H and O–H groups in total. The van der Waals surface area contributed by atoms with Gasteiger partial charge in [-0.15, -0.1) is 0 Å². The number of nitrogens with one attached hydrogen (secondary N) is 1. The zero-order valence-electron chi connectivity index (χ0n) is 8.36. The molecule has 0 radical (unpaired) electrons. The summed E-state index contributed by atoms with van der Waals surface area (Å²) < 4.78 is 0. The fourth-order valence-corrected chi connectivity index (χ4v) is 0.914. The van der Waals surface area contributed by atoms with Crippen LogP contribution in [-0.4, -0.2) is 39.4 Å². The normalized spacial score (nSPS) is 12.6. The monoisotopic (exact) mass is 197 g/mol. The molecular weight excluding hydrogens is 182 g/mol. The van der Waals surface area contributed by atoms with Crippen LogP contribution in [0.3, 0.4) is 0 Å². The molecule has 1 unspecified atom stereocenters. The zero-order chi connectivity index (χ0) is 10.6. The minimum Gasteiger partial charge on any atom is -0.394 e. The fraction of sp³-hybridized carbons (Fsp3) is 0.556. The first-order valence-corrected chi connectivity index (χ1v) is 4.46. The van der Waals surface area contributed by atoms with Crippen molar-refractivity contribution in [3.8, 4) is 0 Å². The molecular formula is C9H15N3O2. The van der Waals surface area contributed by atoms with Crippen molar-refractivity contribution in [3.63, 3.8) is 0 Å². The lowest BCUT2D eigenvalue weighted by atomic mass is 10.3. The summed E-state index contributed by atoms with van der Waals surface area (Å²) >= 11 is 0. The lowest BCUT2D eigenvalue weighted by molar-refractivity contribution is 0.105. The van der Waals surface area contributed by atoms with Gasteiger partial charge in [0.2, 0.25) is 0 Å². The highest BCUT2D eigenvalue weighted by atomic mass is 16.3. The Bertz CT molecular complexity index is 304. The van der Waals surface area contributed by atoms with Crippen LogP contribution in [0.5, 0.6) is 0 Å². The van der Waals surface area contributed by atoms with Crippen LogP contribution in [0.2, 0.25) is 0 Å². The van der Waals surface area contributed by atoms with Crippen molar-refractivity contribution in [1.29, 1.82) is 0 Å². The maximum absolute atomic E-state index is 9.08. The van der Waals surface area contributed by atoms with Crippen LogP contribution in [0.4, 0.5) is 5.82 Å². The summed E-state index contributed by atoms with van der Waals surface area (Å²) in [5, 5.41) is 20.5. The topological polar surface area (TPSA) is 78.3 Å². The van der Waals surface area contributed by atoms with Gasteiger partial charge in [-0.25, -0.2) is 4.98 Å². The van der Waals surface area contributed by atoms with Crippen molar-refractivity contribution in [3.05, 3.63) is 17.6 Å². The van der Waals surface area contributed by atoms with E-state index in [4.69, 9.17) is 10.2 Å². The highest BCUT2D eigenvalue weighted by Crippen LogP contribution is 2.05.